The van der Waals surface area contributed by atoms with Gasteiger partial charge in [-0.15, -0.1) is 0 Å². The Labute approximate surface area is 118 Å². The number of nitrogens with zero attached hydrogens (tertiary/aromatic N) is 1. The summed E-state index contributed by atoms with van der Waals surface area (Å²) in [4.78, 5) is 15.1. The predicted octanol–water partition coefficient (Wildman–Crippen LogP) is 3.98. The molecule has 0 bridgehead atoms. The second-order valence-corrected chi connectivity index (χ2v) is 4.52. The zero-order valence-corrected chi connectivity index (χ0v) is 11.3. The standard InChI is InChI=1S/C13H8Cl2FNO2/c1-19-13(18)7-4-11(17-12(16)5-7)9-3-2-8(14)6-10(9)15/h2-6H,1H3. The molecule has 98 valence electrons. The SMILES string of the molecule is COC(=O)c1cc(F)nc(-c2ccc(Cl)cc2Cl)c1. The molecule has 1 aromatic carbocycles. The second kappa shape index (κ2) is 5.55. The lowest BCUT2D eigenvalue weighted by atomic mass is 10.1. The number of ether oxygens (including phenoxy) is 1. The summed E-state index contributed by atoms with van der Waals surface area (Å²) in [5.41, 5.74) is 0.786. The van der Waals surface area contributed by atoms with Crippen molar-refractivity contribution in [3.63, 3.8) is 0 Å². The third-order valence-corrected chi connectivity index (χ3v) is 2.97. The lowest BCUT2D eigenvalue weighted by Crippen LogP contribution is -2.03. The molecule has 0 aliphatic heterocycles. The van der Waals surface area contributed by atoms with Gasteiger partial charge in [0.1, 0.15) is 0 Å². The first-order valence-electron chi connectivity index (χ1n) is 5.22. The van der Waals surface area contributed by atoms with Crippen LogP contribution >= 0.6 is 23.2 Å². The smallest absolute Gasteiger partial charge is 0.338 e. The Bertz CT molecular complexity index is 647. The minimum Gasteiger partial charge on any atom is -0.465 e. The molecule has 0 atom stereocenters. The molecule has 6 heteroatoms. The monoisotopic (exact) mass is 299 g/mol. The first-order chi connectivity index (χ1) is 9.01. The summed E-state index contributed by atoms with van der Waals surface area (Å²) < 4.78 is 18.0. The molecule has 2 rings (SSSR count). The van der Waals surface area contributed by atoms with Crippen LogP contribution in [0.2, 0.25) is 10.0 Å². The number of halogens is 3. The number of carbonyl (C=O) groups is 1. The molecular weight excluding hydrogens is 292 g/mol. The minimum atomic E-state index is -0.788. The van der Waals surface area contributed by atoms with Crippen LogP contribution in [0.3, 0.4) is 0 Å². The van der Waals surface area contributed by atoms with Crippen LogP contribution in [0.5, 0.6) is 0 Å². The summed E-state index contributed by atoms with van der Waals surface area (Å²) in [5, 5.41) is 0.778. The molecule has 3 nitrogen and oxygen atoms in total. The molecule has 0 aliphatic rings. The maximum Gasteiger partial charge on any atom is 0.338 e. The zero-order valence-electron chi connectivity index (χ0n) is 9.78. The molecule has 2 aromatic rings. The summed E-state index contributed by atoms with van der Waals surface area (Å²) in [6.07, 6.45) is 0. The highest BCUT2D eigenvalue weighted by Gasteiger charge is 2.13. The molecule has 0 saturated heterocycles. The molecule has 0 N–H and O–H groups in total. The van der Waals surface area contributed by atoms with Gasteiger partial charge in [0, 0.05) is 16.7 Å². The maximum absolute atomic E-state index is 13.4. The Hall–Kier alpha value is -1.65. The third kappa shape index (κ3) is 3.03. The summed E-state index contributed by atoms with van der Waals surface area (Å²) in [7, 11) is 1.22. The van der Waals surface area contributed by atoms with E-state index in [1.165, 1.54) is 19.2 Å². The molecule has 1 heterocycles. The van der Waals surface area contributed by atoms with Gasteiger partial charge in [0.05, 0.1) is 23.4 Å². The normalized spacial score (nSPS) is 10.3. The molecule has 0 aliphatic carbocycles. The van der Waals surface area contributed by atoms with Gasteiger partial charge >= 0.3 is 5.97 Å². The van der Waals surface area contributed by atoms with Crippen LogP contribution in [-0.4, -0.2) is 18.1 Å². The molecular formula is C13H8Cl2FNO2. The van der Waals surface area contributed by atoms with Crippen LogP contribution in [0.4, 0.5) is 4.39 Å². The highest BCUT2D eigenvalue weighted by atomic mass is 35.5. The quantitative estimate of drug-likeness (QED) is 0.622. The first-order valence-corrected chi connectivity index (χ1v) is 5.98. The van der Waals surface area contributed by atoms with E-state index in [0.29, 0.717) is 15.6 Å². The van der Waals surface area contributed by atoms with E-state index in [-0.39, 0.29) is 11.3 Å². The lowest BCUT2D eigenvalue weighted by molar-refractivity contribution is 0.0600. The Kier molecular flexibility index (Phi) is 4.02. The van der Waals surface area contributed by atoms with Gasteiger partial charge in [-0.2, -0.15) is 4.39 Å². The fourth-order valence-corrected chi connectivity index (χ4v) is 2.07. The maximum atomic E-state index is 13.4. The minimum absolute atomic E-state index is 0.0658. The number of hydrogen-bond donors (Lipinski definition) is 0. The van der Waals surface area contributed by atoms with Crippen molar-refractivity contribution >= 4 is 29.2 Å². The highest BCUT2D eigenvalue weighted by molar-refractivity contribution is 6.36. The highest BCUT2D eigenvalue weighted by Crippen LogP contribution is 2.29. The molecule has 0 amide bonds. The number of esters is 1. The topological polar surface area (TPSA) is 39.2 Å². The predicted molar refractivity (Wildman–Crippen MR) is 71.0 cm³/mol. The van der Waals surface area contributed by atoms with E-state index in [2.05, 4.69) is 9.72 Å². The average molecular weight is 300 g/mol. The molecule has 0 fully saturated rings. The Balaban J connectivity index is 2.56. The molecule has 0 saturated carbocycles. The van der Waals surface area contributed by atoms with Crippen molar-refractivity contribution in [2.45, 2.75) is 0 Å². The number of hydrogen-bond acceptors (Lipinski definition) is 3. The number of benzene rings is 1. The van der Waals surface area contributed by atoms with E-state index >= 15 is 0 Å². The van der Waals surface area contributed by atoms with Gasteiger partial charge in [-0.3, -0.25) is 0 Å². The molecule has 19 heavy (non-hydrogen) atoms. The van der Waals surface area contributed by atoms with Crippen LogP contribution in [0.25, 0.3) is 11.3 Å². The summed E-state index contributed by atoms with van der Waals surface area (Å²) in [6, 6.07) is 7.13. The van der Waals surface area contributed by atoms with Crippen LogP contribution in [0.15, 0.2) is 30.3 Å². The number of carbonyl (C=O) groups excluding carboxylic acids is 1. The van der Waals surface area contributed by atoms with Crippen molar-refractivity contribution in [2.24, 2.45) is 0 Å². The van der Waals surface area contributed by atoms with Crippen LogP contribution in [-0.2, 0) is 4.74 Å². The van der Waals surface area contributed by atoms with Crippen molar-refractivity contribution in [3.8, 4) is 11.3 Å². The number of aromatic nitrogens is 1. The van der Waals surface area contributed by atoms with E-state index in [9.17, 15) is 9.18 Å². The van der Waals surface area contributed by atoms with Crippen LogP contribution in [0.1, 0.15) is 10.4 Å². The average Bonchev–Trinajstić information content (AvgIpc) is 2.37. The van der Waals surface area contributed by atoms with E-state index in [4.69, 9.17) is 23.2 Å². The van der Waals surface area contributed by atoms with Crippen molar-refractivity contribution < 1.29 is 13.9 Å². The summed E-state index contributed by atoms with van der Waals surface area (Å²) in [6.45, 7) is 0. The molecule has 0 spiro atoms. The van der Waals surface area contributed by atoms with Gasteiger partial charge in [-0.05, 0) is 24.3 Å². The fourth-order valence-electron chi connectivity index (χ4n) is 1.57. The van der Waals surface area contributed by atoms with Crippen molar-refractivity contribution in [1.29, 1.82) is 0 Å². The molecule has 0 unspecified atom stereocenters. The van der Waals surface area contributed by atoms with Crippen LogP contribution in [0, 0.1) is 5.95 Å². The van der Waals surface area contributed by atoms with E-state index < -0.39 is 11.9 Å². The first kappa shape index (κ1) is 13.8. The number of rotatable bonds is 2. The summed E-state index contributed by atoms with van der Waals surface area (Å²) >= 11 is 11.8. The number of pyridine rings is 1. The van der Waals surface area contributed by atoms with Crippen molar-refractivity contribution in [1.82, 2.24) is 4.98 Å². The van der Waals surface area contributed by atoms with Gasteiger partial charge in [0.2, 0.25) is 5.95 Å². The molecule has 1 aromatic heterocycles. The van der Waals surface area contributed by atoms with Crippen molar-refractivity contribution in [2.75, 3.05) is 7.11 Å². The van der Waals surface area contributed by atoms with E-state index in [0.717, 1.165) is 6.07 Å². The van der Waals surface area contributed by atoms with Gasteiger partial charge in [0.25, 0.3) is 0 Å². The lowest BCUT2D eigenvalue weighted by Gasteiger charge is -2.06. The largest absolute Gasteiger partial charge is 0.465 e. The zero-order chi connectivity index (χ0) is 14.0. The Morgan fingerprint density at radius 2 is 2.00 bits per heavy atom. The summed E-state index contributed by atoms with van der Waals surface area (Å²) in [5.74, 6) is -1.43. The molecule has 0 radical (unpaired) electrons. The number of methoxy groups -OCH3 is 1. The van der Waals surface area contributed by atoms with Gasteiger partial charge in [0.15, 0.2) is 0 Å². The van der Waals surface area contributed by atoms with Crippen LogP contribution < -0.4 is 0 Å². The van der Waals surface area contributed by atoms with E-state index in [1.54, 1.807) is 12.1 Å². The van der Waals surface area contributed by atoms with Gasteiger partial charge in [-0.25, -0.2) is 9.78 Å². The van der Waals surface area contributed by atoms with Gasteiger partial charge < -0.3 is 4.74 Å². The third-order valence-electron chi connectivity index (χ3n) is 2.42. The second-order valence-electron chi connectivity index (χ2n) is 3.68. The Morgan fingerprint density at radius 1 is 1.26 bits per heavy atom. The van der Waals surface area contributed by atoms with Crippen molar-refractivity contribution in [3.05, 3.63) is 51.9 Å². The Morgan fingerprint density at radius 3 is 2.63 bits per heavy atom. The van der Waals surface area contributed by atoms with E-state index in [1.807, 2.05) is 0 Å². The fraction of sp³-hybridized carbons (Fsp3) is 0.0769. The van der Waals surface area contributed by atoms with Gasteiger partial charge in [-0.1, -0.05) is 23.2 Å².